The molecule has 0 radical (unpaired) electrons. The standard InChI is InChI=1S/C21H28N4O5S3/c1-15-5-8-18(20(13-15)33(28,29)25-9-11-30-12-10-25)22-21(31)23-19-14-17(7-6-16(19)2)32(26,27)24(3)4/h5-8,13-14H,9-12H2,1-4H3,(H2,22,23,31). The molecule has 2 aromatic rings. The first-order chi connectivity index (χ1) is 15.4. The molecule has 12 heteroatoms. The van der Waals surface area contributed by atoms with Gasteiger partial charge in [-0.2, -0.15) is 4.31 Å². The first-order valence-electron chi connectivity index (χ1n) is 10.2. The van der Waals surface area contributed by atoms with Crippen LogP contribution >= 0.6 is 12.2 Å². The number of anilines is 2. The molecule has 1 aliphatic heterocycles. The molecule has 0 bridgehead atoms. The minimum Gasteiger partial charge on any atom is -0.379 e. The van der Waals surface area contributed by atoms with Gasteiger partial charge in [-0.1, -0.05) is 12.1 Å². The van der Waals surface area contributed by atoms with Gasteiger partial charge in [0.15, 0.2) is 5.11 Å². The molecule has 2 aromatic carbocycles. The number of benzene rings is 2. The van der Waals surface area contributed by atoms with Crippen molar-refractivity contribution in [1.82, 2.24) is 8.61 Å². The molecule has 0 unspecified atom stereocenters. The quantitative estimate of drug-likeness (QED) is 0.568. The Hall–Kier alpha value is -2.09. The van der Waals surface area contributed by atoms with Gasteiger partial charge in [-0.25, -0.2) is 21.1 Å². The van der Waals surface area contributed by atoms with E-state index < -0.39 is 20.0 Å². The zero-order chi connectivity index (χ0) is 24.4. The van der Waals surface area contributed by atoms with E-state index in [1.165, 1.54) is 30.5 Å². The first kappa shape index (κ1) is 25.5. The fraction of sp³-hybridized carbons (Fsp3) is 0.381. The monoisotopic (exact) mass is 512 g/mol. The van der Waals surface area contributed by atoms with Crippen molar-refractivity contribution in [2.45, 2.75) is 23.6 Å². The zero-order valence-electron chi connectivity index (χ0n) is 19.0. The summed E-state index contributed by atoms with van der Waals surface area (Å²) in [5, 5.41) is 6.09. The summed E-state index contributed by atoms with van der Waals surface area (Å²) in [5.41, 5.74) is 2.41. The summed E-state index contributed by atoms with van der Waals surface area (Å²) in [7, 11) is -4.46. The number of morpholine rings is 1. The third-order valence-corrected chi connectivity index (χ3v) is 9.16. The molecule has 33 heavy (non-hydrogen) atoms. The van der Waals surface area contributed by atoms with Crippen molar-refractivity contribution in [3.05, 3.63) is 47.5 Å². The van der Waals surface area contributed by atoms with Crippen LogP contribution in [0.5, 0.6) is 0 Å². The number of aryl methyl sites for hydroxylation is 2. The second-order valence-corrected chi connectivity index (χ2v) is 12.3. The Labute approximate surface area is 200 Å². The summed E-state index contributed by atoms with van der Waals surface area (Å²) in [5.74, 6) is 0. The van der Waals surface area contributed by atoms with E-state index in [2.05, 4.69) is 10.6 Å². The molecule has 0 amide bonds. The van der Waals surface area contributed by atoms with Crippen LogP contribution in [0.25, 0.3) is 0 Å². The van der Waals surface area contributed by atoms with Gasteiger partial charge >= 0.3 is 0 Å². The van der Waals surface area contributed by atoms with Gasteiger partial charge in [-0.05, 0) is 61.5 Å². The topological polar surface area (TPSA) is 108 Å². The van der Waals surface area contributed by atoms with E-state index in [4.69, 9.17) is 17.0 Å². The molecule has 0 aliphatic carbocycles. The molecule has 0 spiro atoms. The molecule has 1 heterocycles. The maximum atomic E-state index is 13.3. The smallest absolute Gasteiger partial charge is 0.245 e. The summed E-state index contributed by atoms with van der Waals surface area (Å²) in [6.45, 7) is 4.89. The van der Waals surface area contributed by atoms with Gasteiger partial charge in [0.05, 0.1) is 23.8 Å². The highest BCUT2D eigenvalue weighted by molar-refractivity contribution is 7.89. The SMILES string of the molecule is Cc1ccc(NC(=S)Nc2cc(S(=O)(=O)N(C)C)ccc2C)c(S(=O)(=O)N2CCOCC2)c1. The maximum absolute atomic E-state index is 13.3. The number of ether oxygens (including phenoxy) is 1. The summed E-state index contributed by atoms with van der Waals surface area (Å²) in [4.78, 5) is 0.239. The van der Waals surface area contributed by atoms with E-state index in [0.717, 1.165) is 15.4 Å². The predicted molar refractivity (Wildman–Crippen MR) is 133 cm³/mol. The van der Waals surface area contributed by atoms with Crippen molar-refractivity contribution in [1.29, 1.82) is 0 Å². The second kappa shape index (κ2) is 10.0. The lowest BCUT2D eigenvalue weighted by molar-refractivity contribution is 0.0730. The van der Waals surface area contributed by atoms with Gasteiger partial charge in [0.1, 0.15) is 4.90 Å². The number of thiocarbonyl (C=S) groups is 1. The van der Waals surface area contributed by atoms with Gasteiger partial charge in [0.2, 0.25) is 20.0 Å². The minimum absolute atomic E-state index is 0.120. The molecule has 0 aromatic heterocycles. The third-order valence-electron chi connectivity index (χ3n) is 5.21. The molecule has 1 aliphatic rings. The normalized spacial score (nSPS) is 15.4. The Kier molecular flexibility index (Phi) is 7.76. The van der Waals surface area contributed by atoms with Crippen molar-refractivity contribution in [3.63, 3.8) is 0 Å². The highest BCUT2D eigenvalue weighted by Gasteiger charge is 2.29. The van der Waals surface area contributed by atoms with Crippen LogP contribution in [-0.2, 0) is 24.8 Å². The van der Waals surface area contributed by atoms with Crippen molar-refractivity contribution < 1.29 is 21.6 Å². The van der Waals surface area contributed by atoms with E-state index in [1.54, 1.807) is 24.3 Å². The van der Waals surface area contributed by atoms with E-state index in [1.807, 2.05) is 13.8 Å². The highest BCUT2D eigenvalue weighted by Crippen LogP contribution is 2.28. The number of hydrogen-bond acceptors (Lipinski definition) is 6. The van der Waals surface area contributed by atoms with Crippen LogP contribution < -0.4 is 10.6 Å². The molecule has 3 rings (SSSR count). The molecule has 9 nitrogen and oxygen atoms in total. The predicted octanol–water partition coefficient (Wildman–Crippen LogP) is 2.38. The number of rotatable bonds is 6. The number of nitrogens with zero attached hydrogens (tertiary/aromatic N) is 2. The van der Waals surface area contributed by atoms with E-state index >= 15 is 0 Å². The third kappa shape index (κ3) is 5.70. The number of nitrogens with one attached hydrogen (secondary N) is 2. The Morgan fingerprint density at radius 1 is 0.970 bits per heavy atom. The molecule has 180 valence electrons. The van der Waals surface area contributed by atoms with Crippen LogP contribution in [0.3, 0.4) is 0 Å². The fourth-order valence-electron chi connectivity index (χ4n) is 3.26. The number of sulfonamides is 2. The average molecular weight is 513 g/mol. The van der Waals surface area contributed by atoms with Crippen LogP contribution in [0.2, 0.25) is 0 Å². The summed E-state index contributed by atoms with van der Waals surface area (Å²) < 4.78 is 59.3. The summed E-state index contributed by atoms with van der Waals surface area (Å²) in [6.07, 6.45) is 0. The van der Waals surface area contributed by atoms with Crippen LogP contribution in [-0.4, -0.2) is 71.0 Å². The minimum atomic E-state index is -3.76. The van der Waals surface area contributed by atoms with E-state index in [-0.39, 0.29) is 28.0 Å². The second-order valence-electron chi connectivity index (χ2n) is 7.86. The Morgan fingerprint density at radius 3 is 2.24 bits per heavy atom. The van der Waals surface area contributed by atoms with Gasteiger partial charge in [0.25, 0.3) is 0 Å². The zero-order valence-corrected chi connectivity index (χ0v) is 21.4. The van der Waals surface area contributed by atoms with Gasteiger partial charge in [0, 0.05) is 32.9 Å². The molecule has 1 saturated heterocycles. The van der Waals surface area contributed by atoms with Gasteiger partial charge in [-0.15, -0.1) is 0 Å². The van der Waals surface area contributed by atoms with Crippen LogP contribution in [0.1, 0.15) is 11.1 Å². The van der Waals surface area contributed by atoms with Crippen molar-refractivity contribution in [3.8, 4) is 0 Å². The largest absolute Gasteiger partial charge is 0.379 e. The summed E-state index contributed by atoms with van der Waals surface area (Å²) >= 11 is 5.43. The molecule has 2 N–H and O–H groups in total. The van der Waals surface area contributed by atoms with E-state index in [0.29, 0.717) is 24.6 Å². The van der Waals surface area contributed by atoms with Gasteiger partial charge in [-0.3, -0.25) is 0 Å². The lowest BCUT2D eigenvalue weighted by Crippen LogP contribution is -2.41. The lowest BCUT2D eigenvalue weighted by atomic mass is 10.2. The molecule has 0 atom stereocenters. The fourth-order valence-corrected chi connectivity index (χ4v) is 6.04. The first-order valence-corrected chi connectivity index (χ1v) is 13.5. The Bertz CT molecular complexity index is 1250. The van der Waals surface area contributed by atoms with Crippen molar-refractivity contribution in [2.24, 2.45) is 0 Å². The van der Waals surface area contributed by atoms with Gasteiger partial charge < -0.3 is 15.4 Å². The molecule has 1 fully saturated rings. The van der Waals surface area contributed by atoms with Crippen LogP contribution in [0.4, 0.5) is 11.4 Å². The average Bonchev–Trinajstić information content (AvgIpc) is 2.76. The van der Waals surface area contributed by atoms with Crippen LogP contribution in [0.15, 0.2) is 46.2 Å². The Morgan fingerprint density at radius 2 is 1.61 bits per heavy atom. The highest BCUT2D eigenvalue weighted by atomic mass is 32.2. The molecule has 0 saturated carbocycles. The maximum Gasteiger partial charge on any atom is 0.245 e. The molecular formula is C21H28N4O5S3. The van der Waals surface area contributed by atoms with Crippen molar-refractivity contribution in [2.75, 3.05) is 51.0 Å². The Balaban J connectivity index is 1.88. The van der Waals surface area contributed by atoms with Crippen molar-refractivity contribution >= 4 is 48.8 Å². The van der Waals surface area contributed by atoms with Crippen LogP contribution in [0, 0.1) is 13.8 Å². The molecular weight excluding hydrogens is 484 g/mol. The number of hydrogen-bond donors (Lipinski definition) is 2. The lowest BCUT2D eigenvalue weighted by Gasteiger charge is -2.27. The summed E-state index contributed by atoms with van der Waals surface area (Å²) in [6, 6.07) is 9.76. The van der Waals surface area contributed by atoms with E-state index in [9.17, 15) is 16.8 Å².